The van der Waals surface area contributed by atoms with Gasteiger partial charge in [-0.25, -0.2) is 13.1 Å². The molecule has 3 nitrogen and oxygen atoms in total. The van der Waals surface area contributed by atoms with Gasteiger partial charge in [0.2, 0.25) is 10.0 Å². The number of benzene rings is 2. The highest BCUT2D eigenvalue weighted by molar-refractivity contribution is 7.88. The Morgan fingerprint density at radius 3 is 2.45 bits per heavy atom. The molecule has 1 N–H and O–H groups in total. The van der Waals surface area contributed by atoms with Gasteiger partial charge in [0.1, 0.15) is 0 Å². The largest absolute Gasteiger partial charge is 0.216 e. The Balaban J connectivity index is 2.03. The van der Waals surface area contributed by atoms with Crippen molar-refractivity contribution in [1.82, 2.24) is 4.72 Å². The van der Waals surface area contributed by atoms with Gasteiger partial charge in [0, 0.05) is 6.54 Å². The van der Waals surface area contributed by atoms with Gasteiger partial charge in [0.15, 0.2) is 0 Å². The Morgan fingerprint density at radius 2 is 1.75 bits per heavy atom. The third kappa shape index (κ3) is 4.18. The molecule has 2 rings (SSSR count). The average molecular weight is 289 g/mol. The fourth-order valence-corrected chi connectivity index (χ4v) is 3.16. The van der Waals surface area contributed by atoms with Crippen molar-refractivity contribution in [3.63, 3.8) is 0 Å². The van der Waals surface area contributed by atoms with Gasteiger partial charge in [-0.1, -0.05) is 54.1 Å². The third-order valence-corrected chi connectivity index (χ3v) is 4.48. The summed E-state index contributed by atoms with van der Waals surface area (Å²) in [7, 11) is -3.32. The van der Waals surface area contributed by atoms with Crippen LogP contribution in [0, 0.1) is 13.8 Å². The number of sulfonamides is 1. The topological polar surface area (TPSA) is 46.2 Å². The van der Waals surface area contributed by atoms with Crippen LogP contribution in [0.2, 0.25) is 0 Å². The van der Waals surface area contributed by atoms with E-state index in [1.165, 1.54) is 0 Å². The van der Waals surface area contributed by atoms with Gasteiger partial charge in [-0.3, -0.25) is 0 Å². The van der Waals surface area contributed by atoms with Gasteiger partial charge >= 0.3 is 0 Å². The molecule has 0 fully saturated rings. The molecule has 0 saturated carbocycles. The van der Waals surface area contributed by atoms with E-state index in [2.05, 4.69) is 4.72 Å². The van der Waals surface area contributed by atoms with Crippen molar-refractivity contribution in [3.05, 3.63) is 70.8 Å². The van der Waals surface area contributed by atoms with Crippen molar-refractivity contribution < 1.29 is 8.42 Å². The van der Waals surface area contributed by atoms with Crippen molar-refractivity contribution in [3.8, 4) is 0 Å². The second-order valence-corrected chi connectivity index (χ2v) is 6.80. The van der Waals surface area contributed by atoms with Gasteiger partial charge in [0.05, 0.1) is 5.75 Å². The maximum atomic E-state index is 12.1. The SMILES string of the molecule is Cc1cccc(CS(=O)(=O)NCc2ccccc2C)c1. The first kappa shape index (κ1) is 14.8. The highest BCUT2D eigenvalue weighted by Gasteiger charge is 2.11. The zero-order valence-corrected chi connectivity index (χ0v) is 12.6. The smallest absolute Gasteiger partial charge is 0.212 e. The van der Waals surface area contributed by atoms with Crippen molar-refractivity contribution in [2.24, 2.45) is 0 Å². The lowest BCUT2D eigenvalue weighted by atomic mass is 10.1. The van der Waals surface area contributed by atoms with Crippen LogP contribution in [0.1, 0.15) is 22.3 Å². The quantitative estimate of drug-likeness (QED) is 0.920. The van der Waals surface area contributed by atoms with E-state index in [4.69, 9.17) is 0 Å². The van der Waals surface area contributed by atoms with Crippen LogP contribution in [-0.4, -0.2) is 8.42 Å². The molecule has 4 heteroatoms. The van der Waals surface area contributed by atoms with E-state index in [1.54, 1.807) is 0 Å². The lowest BCUT2D eigenvalue weighted by molar-refractivity contribution is 0.580. The van der Waals surface area contributed by atoms with E-state index in [0.29, 0.717) is 6.54 Å². The molecule has 0 amide bonds. The molecule has 0 aromatic heterocycles. The molecule has 0 radical (unpaired) electrons. The van der Waals surface area contributed by atoms with Crippen LogP contribution in [0.25, 0.3) is 0 Å². The van der Waals surface area contributed by atoms with Crippen LogP contribution in [0.3, 0.4) is 0 Å². The molecule has 0 aliphatic rings. The molecule has 0 aliphatic heterocycles. The van der Waals surface area contributed by atoms with Crippen molar-refractivity contribution in [2.75, 3.05) is 0 Å². The predicted octanol–water partition coefficient (Wildman–Crippen LogP) is 2.92. The summed E-state index contributed by atoms with van der Waals surface area (Å²) < 4.78 is 26.8. The average Bonchev–Trinajstić information content (AvgIpc) is 2.37. The number of hydrogen-bond acceptors (Lipinski definition) is 2. The van der Waals surface area contributed by atoms with Crippen LogP contribution < -0.4 is 4.72 Å². The van der Waals surface area contributed by atoms with E-state index in [9.17, 15) is 8.42 Å². The zero-order chi connectivity index (χ0) is 14.6. The molecule has 0 saturated heterocycles. The third-order valence-electron chi connectivity index (χ3n) is 3.18. The standard InChI is InChI=1S/C16H19NO2S/c1-13-6-5-8-15(10-13)12-20(18,19)17-11-16-9-4-3-7-14(16)2/h3-10,17H,11-12H2,1-2H3. The fraction of sp³-hybridized carbons (Fsp3) is 0.250. The van der Waals surface area contributed by atoms with Gasteiger partial charge in [0.25, 0.3) is 0 Å². The van der Waals surface area contributed by atoms with E-state index in [0.717, 1.165) is 22.3 Å². The van der Waals surface area contributed by atoms with Gasteiger partial charge in [-0.2, -0.15) is 0 Å². The van der Waals surface area contributed by atoms with E-state index < -0.39 is 10.0 Å². The van der Waals surface area contributed by atoms with Crippen LogP contribution in [-0.2, 0) is 22.3 Å². The van der Waals surface area contributed by atoms with Gasteiger partial charge in [-0.15, -0.1) is 0 Å². The summed E-state index contributed by atoms with van der Waals surface area (Å²) in [6.45, 7) is 4.27. The summed E-state index contributed by atoms with van der Waals surface area (Å²) in [5.41, 5.74) is 3.96. The first-order valence-electron chi connectivity index (χ1n) is 6.54. The summed E-state index contributed by atoms with van der Waals surface area (Å²) in [6.07, 6.45) is 0. The summed E-state index contributed by atoms with van der Waals surface area (Å²) in [5, 5.41) is 0. The number of nitrogens with one attached hydrogen (secondary N) is 1. The molecule has 2 aromatic carbocycles. The Morgan fingerprint density at radius 1 is 1.00 bits per heavy atom. The Hall–Kier alpha value is -1.65. The van der Waals surface area contributed by atoms with E-state index in [-0.39, 0.29) is 5.75 Å². The molecule has 0 bridgehead atoms. The Kier molecular flexibility index (Phi) is 4.57. The Labute approximate surface area is 120 Å². The number of rotatable bonds is 5. The molecule has 0 unspecified atom stereocenters. The predicted molar refractivity (Wildman–Crippen MR) is 81.8 cm³/mol. The summed E-state index contributed by atoms with van der Waals surface area (Å²) in [5.74, 6) is 0.0144. The minimum absolute atomic E-state index is 0.0144. The summed E-state index contributed by atoms with van der Waals surface area (Å²) in [6, 6.07) is 15.3. The molecular formula is C16H19NO2S. The fourth-order valence-electron chi connectivity index (χ4n) is 2.07. The monoisotopic (exact) mass is 289 g/mol. The second-order valence-electron chi connectivity index (χ2n) is 5.00. The van der Waals surface area contributed by atoms with Crippen LogP contribution in [0.5, 0.6) is 0 Å². The minimum atomic E-state index is -3.32. The first-order chi connectivity index (χ1) is 9.46. The molecule has 0 spiro atoms. The molecule has 0 atom stereocenters. The van der Waals surface area contributed by atoms with Crippen molar-refractivity contribution >= 4 is 10.0 Å². The lowest BCUT2D eigenvalue weighted by Crippen LogP contribution is -2.25. The number of hydrogen-bond donors (Lipinski definition) is 1. The maximum Gasteiger partial charge on any atom is 0.216 e. The summed E-state index contributed by atoms with van der Waals surface area (Å²) in [4.78, 5) is 0. The Bertz CT molecular complexity index is 693. The van der Waals surface area contributed by atoms with Crippen LogP contribution in [0.4, 0.5) is 0 Å². The highest BCUT2D eigenvalue weighted by Crippen LogP contribution is 2.10. The molecular weight excluding hydrogens is 270 g/mol. The normalized spacial score (nSPS) is 11.5. The molecule has 2 aromatic rings. The molecule has 20 heavy (non-hydrogen) atoms. The minimum Gasteiger partial charge on any atom is -0.212 e. The van der Waals surface area contributed by atoms with Crippen molar-refractivity contribution in [2.45, 2.75) is 26.1 Å². The maximum absolute atomic E-state index is 12.1. The molecule has 0 heterocycles. The van der Waals surface area contributed by atoms with E-state index in [1.807, 2.05) is 62.4 Å². The highest BCUT2D eigenvalue weighted by atomic mass is 32.2. The first-order valence-corrected chi connectivity index (χ1v) is 8.19. The number of aryl methyl sites for hydroxylation is 2. The zero-order valence-electron chi connectivity index (χ0n) is 11.8. The van der Waals surface area contributed by atoms with Gasteiger partial charge < -0.3 is 0 Å². The molecule has 0 aliphatic carbocycles. The second kappa shape index (κ2) is 6.20. The van der Waals surface area contributed by atoms with Crippen LogP contribution in [0.15, 0.2) is 48.5 Å². The molecule has 106 valence electrons. The van der Waals surface area contributed by atoms with E-state index >= 15 is 0 Å². The summed E-state index contributed by atoms with van der Waals surface area (Å²) >= 11 is 0. The van der Waals surface area contributed by atoms with Crippen molar-refractivity contribution in [1.29, 1.82) is 0 Å². The van der Waals surface area contributed by atoms with Crippen LogP contribution >= 0.6 is 0 Å². The lowest BCUT2D eigenvalue weighted by Gasteiger charge is -2.09. The van der Waals surface area contributed by atoms with Gasteiger partial charge in [-0.05, 0) is 30.5 Å².